The number of carbonyl (C=O) groups excluding carboxylic acids is 1. The van der Waals surface area contributed by atoms with E-state index in [2.05, 4.69) is 0 Å². The number of nitrogens with zero attached hydrogens (tertiary/aromatic N) is 2. The zero-order valence-electron chi connectivity index (χ0n) is 10.4. The van der Waals surface area contributed by atoms with E-state index >= 15 is 0 Å². The van der Waals surface area contributed by atoms with Crippen LogP contribution in [-0.4, -0.2) is 40.8 Å². The van der Waals surface area contributed by atoms with Gasteiger partial charge in [0.15, 0.2) is 0 Å². The van der Waals surface area contributed by atoms with E-state index in [0.29, 0.717) is 0 Å². The van der Waals surface area contributed by atoms with Crippen LogP contribution in [0.4, 0.5) is 4.79 Å². The zero-order valence-corrected chi connectivity index (χ0v) is 10.4. The molecule has 0 saturated carbocycles. The molecule has 6 nitrogen and oxygen atoms in total. The maximum absolute atomic E-state index is 11.7. The Bertz CT molecular complexity index is 314. The maximum atomic E-state index is 11.7. The molecule has 17 heavy (non-hydrogen) atoms. The molecular formula is C11H18N2O4. The Labute approximate surface area is 101 Å². The molecular weight excluding hydrogens is 224 g/mol. The second-order valence-electron chi connectivity index (χ2n) is 4.52. The number of hydrogen-bond acceptors (Lipinski definition) is 4. The van der Waals surface area contributed by atoms with Crippen LogP contribution in [0.1, 0.15) is 33.6 Å². The van der Waals surface area contributed by atoms with E-state index < -0.39 is 17.7 Å². The first-order valence-electron chi connectivity index (χ1n) is 5.33. The monoisotopic (exact) mass is 242 g/mol. The van der Waals surface area contributed by atoms with Gasteiger partial charge >= 0.3 is 12.1 Å². The van der Waals surface area contributed by atoms with E-state index in [-0.39, 0.29) is 25.9 Å². The number of hydrogen-bond donors (Lipinski definition) is 1. The fourth-order valence-corrected chi connectivity index (χ4v) is 1.04. The van der Waals surface area contributed by atoms with Crippen LogP contribution in [0.25, 0.3) is 0 Å². The van der Waals surface area contributed by atoms with Gasteiger partial charge in [-0.3, -0.25) is 4.79 Å². The van der Waals surface area contributed by atoms with Gasteiger partial charge < -0.3 is 14.7 Å². The number of carboxylic acid groups (broad SMARTS) is 1. The van der Waals surface area contributed by atoms with Crippen molar-refractivity contribution in [3.05, 3.63) is 0 Å². The van der Waals surface area contributed by atoms with Crippen LogP contribution >= 0.6 is 0 Å². The molecule has 0 radical (unpaired) electrons. The molecule has 0 saturated heterocycles. The molecule has 0 aromatic carbocycles. The van der Waals surface area contributed by atoms with Gasteiger partial charge in [-0.25, -0.2) is 4.79 Å². The lowest BCUT2D eigenvalue weighted by Crippen LogP contribution is -2.38. The lowest BCUT2D eigenvalue weighted by molar-refractivity contribution is -0.137. The van der Waals surface area contributed by atoms with Crippen LogP contribution in [0.3, 0.4) is 0 Å². The summed E-state index contributed by atoms with van der Waals surface area (Å²) in [5.74, 6) is -0.990. The van der Waals surface area contributed by atoms with Gasteiger partial charge in [0.05, 0.1) is 18.9 Å². The number of carboxylic acids is 1. The highest BCUT2D eigenvalue weighted by Crippen LogP contribution is 2.10. The molecule has 0 spiro atoms. The highest BCUT2D eigenvalue weighted by molar-refractivity contribution is 5.70. The minimum atomic E-state index is -0.990. The number of nitriles is 1. The molecule has 0 aliphatic rings. The SMILES string of the molecule is CC(C)(C)OC(=O)N(CCC#N)CCC(=O)O. The Kier molecular flexibility index (Phi) is 6.03. The van der Waals surface area contributed by atoms with Crippen LogP contribution in [-0.2, 0) is 9.53 Å². The summed E-state index contributed by atoms with van der Waals surface area (Å²) >= 11 is 0. The van der Waals surface area contributed by atoms with Crippen molar-refractivity contribution in [1.29, 1.82) is 5.26 Å². The molecule has 0 unspecified atom stereocenters. The van der Waals surface area contributed by atoms with E-state index in [4.69, 9.17) is 15.1 Å². The van der Waals surface area contributed by atoms with E-state index in [0.717, 1.165) is 0 Å². The van der Waals surface area contributed by atoms with Gasteiger partial charge in [-0.05, 0) is 20.8 Å². The van der Waals surface area contributed by atoms with E-state index in [1.165, 1.54) is 4.90 Å². The van der Waals surface area contributed by atoms with Crippen LogP contribution < -0.4 is 0 Å². The van der Waals surface area contributed by atoms with E-state index in [1.54, 1.807) is 20.8 Å². The summed E-state index contributed by atoms with van der Waals surface area (Å²) in [6.07, 6.45) is -0.599. The molecule has 0 aliphatic heterocycles. The quantitative estimate of drug-likeness (QED) is 0.790. The minimum Gasteiger partial charge on any atom is -0.481 e. The molecule has 0 aliphatic carbocycles. The summed E-state index contributed by atoms with van der Waals surface area (Å²) in [4.78, 5) is 23.4. The largest absolute Gasteiger partial charge is 0.481 e. The standard InChI is InChI=1S/C11H18N2O4/c1-11(2,3)17-10(16)13(7-4-6-12)8-5-9(14)15/h4-5,7-8H2,1-3H3,(H,14,15). The molecule has 0 atom stereocenters. The van der Waals surface area contributed by atoms with Crippen molar-refractivity contribution in [2.45, 2.75) is 39.2 Å². The van der Waals surface area contributed by atoms with Crippen LogP contribution in [0.2, 0.25) is 0 Å². The van der Waals surface area contributed by atoms with Crippen molar-refractivity contribution >= 4 is 12.1 Å². The summed E-state index contributed by atoms with van der Waals surface area (Å²) in [5, 5.41) is 17.0. The zero-order chi connectivity index (χ0) is 13.5. The van der Waals surface area contributed by atoms with Crippen molar-refractivity contribution in [3.8, 4) is 6.07 Å². The normalized spacial score (nSPS) is 10.5. The molecule has 0 bridgehead atoms. The summed E-state index contributed by atoms with van der Waals surface area (Å²) in [7, 11) is 0. The van der Waals surface area contributed by atoms with E-state index in [1.807, 2.05) is 6.07 Å². The van der Waals surface area contributed by atoms with Gasteiger partial charge in [0.1, 0.15) is 5.60 Å². The topological polar surface area (TPSA) is 90.6 Å². The summed E-state index contributed by atoms with van der Waals surface area (Å²) in [6, 6.07) is 1.91. The minimum absolute atomic E-state index is 0.0475. The van der Waals surface area contributed by atoms with E-state index in [9.17, 15) is 9.59 Å². The first kappa shape index (κ1) is 15.2. The molecule has 0 aromatic rings. The molecule has 6 heteroatoms. The summed E-state index contributed by atoms with van der Waals surface area (Å²) in [6.45, 7) is 5.41. The van der Waals surface area contributed by atoms with Gasteiger partial charge in [-0.1, -0.05) is 0 Å². The predicted molar refractivity (Wildman–Crippen MR) is 60.3 cm³/mol. The lowest BCUT2D eigenvalue weighted by atomic mass is 10.2. The van der Waals surface area contributed by atoms with Crippen molar-refractivity contribution in [1.82, 2.24) is 4.90 Å². The average Bonchev–Trinajstić information content (AvgIpc) is 2.14. The fraction of sp³-hybridized carbons (Fsp3) is 0.727. The molecule has 1 amide bonds. The fourth-order valence-electron chi connectivity index (χ4n) is 1.04. The molecule has 0 heterocycles. The number of rotatable bonds is 5. The predicted octanol–water partition coefficient (Wildman–Crippen LogP) is 1.61. The number of ether oxygens (including phenoxy) is 1. The Morgan fingerprint density at radius 3 is 2.35 bits per heavy atom. The third-order valence-electron chi connectivity index (χ3n) is 1.74. The van der Waals surface area contributed by atoms with Crippen molar-refractivity contribution in [2.24, 2.45) is 0 Å². The lowest BCUT2D eigenvalue weighted by Gasteiger charge is -2.26. The Morgan fingerprint density at radius 2 is 1.94 bits per heavy atom. The first-order chi connectivity index (χ1) is 7.76. The molecule has 0 rings (SSSR count). The Balaban J connectivity index is 4.40. The smallest absolute Gasteiger partial charge is 0.410 e. The number of carbonyl (C=O) groups is 2. The molecule has 0 fully saturated rings. The van der Waals surface area contributed by atoms with Crippen molar-refractivity contribution in [2.75, 3.05) is 13.1 Å². The second kappa shape index (κ2) is 6.74. The third-order valence-corrected chi connectivity index (χ3v) is 1.74. The van der Waals surface area contributed by atoms with Crippen LogP contribution in [0.15, 0.2) is 0 Å². The first-order valence-corrected chi connectivity index (χ1v) is 5.33. The van der Waals surface area contributed by atoms with Crippen molar-refractivity contribution in [3.63, 3.8) is 0 Å². The molecule has 96 valence electrons. The van der Waals surface area contributed by atoms with Crippen LogP contribution in [0, 0.1) is 11.3 Å². The van der Waals surface area contributed by atoms with Crippen molar-refractivity contribution < 1.29 is 19.4 Å². The maximum Gasteiger partial charge on any atom is 0.410 e. The second-order valence-corrected chi connectivity index (χ2v) is 4.52. The van der Waals surface area contributed by atoms with Gasteiger partial charge in [-0.15, -0.1) is 0 Å². The Hall–Kier alpha value is -1.77. The molecule has 0 aromatic heterocycles. The molecule has 1 N–H and O–H groups in total. The van der Waals surface area contributed by atoms with Gasteiger partial charge in [0, 0.05) is 13.1 Å². The van der Waals surface area contributed by atoms with Gasteiger partial charge in [-0.2, -0.15) is 5.26 Å². The third kappa shape index (κ3) is 8.08. The van der Waals surface area contributed by atoms with Crippen LogP contribution in [0.5, 0.6) is 0 Å². The Morgan fingerprint density at radius 1 is 1.35 bits per heavy atom. The highest BCUT2D eigenvalue weighted by Gasteiger charge is 2.22. The average molecular weight is 242 g/mol. The summed E-state index contributed by atoms with van der Waals surface area (Å²) < 4.78 is 5.11. The van der Waals surface area contributed by atoms with Gasteiger partial charge in [0.25, 0.3) is 0 Å². The number of aliphatic carboxylic acids is 1. The summed E-state index contributed by atoms with van der Waals surface area (Å²) in [5.41, 5.74) is -0.634. The van der Waals surface area contributed by atoms with Gasteiger partial charge in [0.2, 0.25) is 0 Å². The number of amides is 1. The highest BCUT2D eigenvalue weighted by atomic mass is 16.6.